The zero-order valence-electron chi connectivity index (χ0n) is 12.0. The third kappa shape index (κ3) is 4.87. The predicted octanol–water partition coefficient (Wildman–Crippen LogP) is 1.12. The molecule has 0 saturated heterocycles. The Kier molecular flexibility index (Phi) is 5.93. The fourth-order valence-electron chi connectivity index (χ4n) is 1.89. The molecule has 0 aliphatic rings. The number of hydrogen-bond donors (Lipinski definition) is 4. The normalized spacial score (nSPS) is 13.4. The lowest BCUT2D eigenvalue weighted by Gasteiger charge is -2.16. The van der Waals surface area contributed by atoms with E-state index in [0.717, 1.165) is 5.56 Å². The minimum Gasteiger partial charge on any atom is -0.445 e. The van der Waals surface area contributed by atoms with Crippen LogP contribution < -0.4 is 5.32 Å². The van der Waals surface area contributed by atoms with Crippen LogP contribution >= 0.6 is 0 Å². The molecule has 0 saturated carbocycles. The molecule has 4 N–H and O–H groups in total. The van der Waals surface area contributed by atoms with Gasteiger partial charge in [0, 0.05) is 12.7 Å². The summed E-state index contributed by atoms with van der Waals surface area (Å²) in [5.41, 5.74) is 1.33. The van der Waals surface area contributed by atoms with Crippen molar-refractivity contribution in [1.82, 2.24) is 15.5 Å². The first-order valence-corrected chi connectivity index (χ1v) is 6.97. The molecule has 2 unspecified atom stereocenters. The summed E-state index contributed by atoms with van der Waals surface area (Å²) >= 11 is 0. The van der Waals surface area contributed by atoms with Gasteiger partial charge in [0.05, 0.1) is 11.8 Å². The van der Waals surface area contributed by atoms with Crippen LogP contribution in [0.3, 0.4) is 0 Å². The summed E-state index contributed by atoms with van der Waals surface area (Å²) in [6, 6.07) is 10.9. The zero-order valence-corrected chi connectivity index (χ0v) is 12.0. The fourth-order valence-corrected chi connectivity index (χ4v) is 1.89. The average molecular weight is 305 g/mol. The van der Waals surface area contributed by atoms with Gasteiger partial charge in [-0.1, -0.05) is 30.3 Å². The number of H-pyrrole nitrogens is 1. The van der Waals surface area contributed by atoms with E-state index >= 15 is 0 Å². The van der Waals surface area contributed by atoms with Crippen LogP contribution in [-0.2, 0) is 11.3 Å². The summed E-state index contributed by atoms with van der Waals surface area (Å²) in [5, 5.41) is 28.5. The number of aromatic nitrogens is 2. The maximum atomic E-state index is 11.5. The first kappa shape index (κ1) is 16.0. The van der Waals surface area contributed by atoms with E-state index in [2.05, 4.69) is 15.5 Å². The maximum Gasteiger partial charge on any atom is 0.407 e. The number of nitrogens with one attached hydrogen (secondary N) is 2. The molecule has 1 amide bonds. The standard InChI is InChI=1S/C15H19N3O4/c19-13(14(20)12-6-9-17-18-12)7-8-16-15(21)22-10-11-4-2-1-3-5-11/h1-6,9,13-14,19-20H,7-8,10H2,(H,16,21)(H,17,18). The van der Waals surface area contributed by atoms with Crippen molar-refractivity contribution < 1.29 is 19.7 Å². The molecule has 118 valence electrons. The van der Waals surface area contributed by atoms with Crippen molar-refractivity contribution in [3.05, 3.63) is 53.9 Å². The Hall–Kier alpha value is -2.38. The molecule has 7 heteroatoms. The first-order chi connectivity index (χ1) is 10.7. The summed E-state index contributed by atoms with van der Waals surface area (Å²) in [5.74, 6) is 0. The molecule has 1 aromatic heterocycles. The number of benzene rings is 1. The van der Waals surface area contributed by atoms with Crippen LogP contribution in [0.4, 0.5) is 4.79 Å². The summed E-state index contributed by atoms with van der Waals surface area (Å²) in [6.07, 6.45) is -0.947. The first-order valence-electron chi connectivity index (χ1n) is 6.97. The van der Waals surface area contributed by atoms with Crippen LogP contribution in [-0.4, -0.2) is 39.2 Å². The molecule has 0 bridgehead atoms. The molecule has 2 atom stereocenters. The molecule has 0 aliphatic carbocycles. The van der Waals surface area contributed by atoms with E-state index in [9.17, 15) is 15.0 Å². The molecular formula is C15H19N3O4. The summed E-state index contributed by atoms with van der Waals surface area (Å²) < 4.78 is 5.03. The van der Waals surface area contributed by atoms with Gasteiger partial charge in [-0.25, -0.2) is 4.79 Å². The molecule has 1 aromatic carbocycles. The zero-order chi connectivity index (χ0) is 15.8. The number of carbonyl (C=O) groups is 1. The largest absolute Gasteiger partial charge is 0.445 e. The molecule has 2 aromatic rings. The van der Waals surface area contributed by atoms with Crippen molar-refractivity contribution in [2.24, 2.45) is 0 Å². The average Bonchev–Trinajstić information content (AvgIpc) is 3.07. The van der Waals surface area contributed by atoms with Crippen LogP contribution in [0.25, 0.3) is 0 Å². The quantitative estimate of drug-likeness (QED) is 0.613. The molecular weight excluding hydrogens is 286 g/mol. The van der Waals surface area contributed by atoms with Crippen molar-refractivity contribution in [3.63, 3.8) is 0 Å². The van der Waals surface area contributed by atoms with Crippen molar-refractivity contribution >= 4 is 6.09 Å². The highest BCUT2D eigenvalue weighted by Crippen LogP contribution is 2.15. The smallest absolute Gasteiger partial charge is 0.407 e. The lowest BCUT2D eigenvalue weighted by atomic mass is 10.1. The second-order valence-corrected chi connectivity index (χ2v) is 4.80. The van der Waals surface area contributed by atoms with E-state index in [-0.39, 0.29) is 19.6 Å². The molecule has 0 fully saturated rings. The fraction of sp³-hybridized carbons (Fsp3) is 0.333. The minimum atomic E-state index is -1.07. The Balaban J connectivity index is 1.64. The van der Waals surface area contributed by atoms with E-state index in [1.54, 1.807) is 6.07 Å². The topological polar surface area (TPSA) is 107 Å². The number of alkyl carbamates (subject to hydrolysis) is 1. The van der Waals surface area contributed by atoms with Crippen molar-refractivity contribution in [1.29, 1.82) is 0 Å². The number of aromatic amines is 1. The van der Waals surface area contributed by atoms with Gasteiger partial charge in [-0.05, 0) is 18.1 Å². The van der Waals surface area contributed by atoms with E-state index in [4.69, 9.17) is 4.74 Å². The van der Waals surface area contributed by atoms with Crippen molar-refractivity contribution in [3.8, 4) is 0 Å². The number of nitrogens with zero attached hydrogens (tertiary/aromatic N) is 1. The van der Waals surface area contributed by atoms with E-state index in [1.807, 2.05) is 30.3 Å². The van der Waals surface area contributed by atoms with Gasteiger partial charge in [0.25, 0.3) is 0 Å². The monoisotopic (exact) mass is 305 g/mol. The summed E-state index contributed by atoms with van der Waals surface area (Å²) in [7, 11) is 0. The maximum absolute atomic E-state index is 11.5. The van der Waals surface area contributed by atoms with Gasteiger partial charge in [0.2, 0.25) is 0 Å². The summed E-state index contributed by atoms with van der Waals surface area (Å²) in [6.45, 7) is 0.381. The molecule has 2 rings (SSSR count). The Morgan fingerprint density at radius 2 is 2.05 bits per heavy atom. The molecule has 22 heavy (non-hydrogen) atoms. The number of rotatable bonds is 7. The van der Waals surface area contributed by atoms with Crippen LogP contribution in [0, 0.1) is 0 Å². The van der Waals surface area contributed by atoms with Gasteiger partial charge < -0.3 is 20.3 Å². The predicted molar refractivity (Wildman–Crippen MR) is 78.8 cm³/mol. The third-order valence-corrected chi connectivity index (χ3v) is 3.13. The molecule has 1 heterocycles. The lowest BCUT2D eigenvalue weighted by molar-refractivity contribution is 0.0111. The van der Waals surface area contributed by atoms with Crippen LogP contribution in [0.15, 0.2) is 42.6 Å². The van der Waals surface area contributed by atoms with Gasteiger partial charge in [0.15, 0.2) is 0 Å². The molecule has 0 spiro atoms. The molecule has 0 radical (unpaired) electrons. The van der Waals surface area contributed by atoms with Gasteiger partial charge in [-0.2, -0.15) is 5.10 Å². The SMILES string of the molecule is O=C(NCCC(O)C(O)c1ccn[nH]1)OCc1ccccc1. The number of hydrogen-bond acceptors (Lipinski definition) is 5. The highest BCUT2D eigenvalue weighted by molar-refractivity contribution is 5.67. The Morgan fingerprint density at radius 1 is 1.27 bits per heavy atom. The van der Waals surface area contributed by atoms with E-state index in [1.165, 1.54) is 6.20 Å². The highest BCUT2D eigenvalue weighted by Gasteiger charge is 2.19. The molecule has 7 nitrogen and oxygen atoms in total. The minimum absolute atomic E-state index is 0.187. The number of aliphatic hydroxyl groups is 2. The van der Waals surface area contributed by atoms with Crippen LogP contribution in [0.2, 0.25) is 0 Å². The highest BCUT2D eigenvalue weighted by atomic mass is 16.5. The Labute approximate surface area is 127 Å². The van der Waals surface area contributed by atoms with E-state index in [0.29, 0.717) is 5.69 Å². The molecule has 0 aliphatic heterocycles. The van der Waals surface area contributed by atoms with Gasteiger partial charge >= 0.3 is 6.09 Å². The second kappa shape index (κ2) is 8.16. The second-order valence-electron chi connectivity index (χ2n) is 4.80. The van der Waals surface area contributed by atoms with Crippen LogP contribution in [0.1, 0.15) is 23.8 Å². The van der Waals surface area contributed by atoms with Crippen molar-refractivity contribution in [2.45, 2.75) is 25.2 Å². The van der Waals surface area contributed by atoms with E-state index < -0.39 is 18.3 Å². The van der Waals surface area contributed by atoms with Gasteiger partial charge in [-0.15, -0.1) is 0 Å². The Bertz CT molecular complexity index is 559. The summed E-state index contributed by atoms with van der Waals surface area (Å²) in [4.78, 5) is 11.5. The number of ether oxygens (including phenoxy) is 1. The number of aliphatic hydroxyl groups excluding tert-OH is 2. The number of carbonyl (C=O) groups excluding carboxylic acids is 1. The Morgan fingerprint density at radius 3 is 2.73 bits per heavy atom. The van der Waals surface area contributed by atoms with Gasteiger partial charge in [0.1, 0.15) is 12.7 Å². The van der Waals surface area contributed by atoms with Gasteiger partial charge in [-0.3, -0.25) is 5.10 Å². The van der Waals surface area contributed by atoms with Crippen LogP contribution in [0.5, 0.6) is 0 Å². The lowest BCUT2D eigenvalue weighted by Crippen LogP contribution is -2.29. The van der Waals surface area contributed by atoms with Crippen molar-refractivity contribution in [2.75, 3.05) is 6.54 Å². The number of amides is 1. The third-order valence-electron chi connectivity index (χ3n) is 3.13.